The summed E-state index contributed by atoms with van der Waals surface area (Å²) in [5, 5.41) is 2.91. The van der Waals surface area contributed by atoms with Crippen molar-refractivity contribution < 1.29 is 18.0 Å². The van der Waals surface area contributed by atoms with Gasteiger partial charge in [0.1, 0.15) is 6.54 Å². The Kier molecular flexibility index (Phi) is 4.53. The smallest absolute Gasteiger partial charge is 0.245 e. The van der Waals surface area contributed by atoms with Crippen LogP contribution in [0, 0.1) is 6.92 Å². The summed E-state index contributed by atoms with van der Waals surface area (Å²) >= 11 is 5.99. The van der Waals surface area contributed by atoms with Gasteiger partial charge in [0, 0.05) is 6.42 Å². The van der Waals surface area contributed by atoms with E-state index < -0.39 is 28.4 Å². The summed E-state index contributed by atoms with van der Waals surface area (Å²) in [6.45, 7) is 1.25. The standard InChI is InChI=1S/C13H15ClN2O4S/c1-9-4-2-5-10(14)13(9)15-11(17)8-16-12(18)6-3-7-21(16,19)20/h2,4-5H,3,6-8H2,1H3,(H,15,17). The lowest BCUT2D eigenvalue weighted by Gasteiger charge is -2.25. The molecule has 2 amide bonds. The molecule has 0 spiro atoms. The first kappa shape index (κ1) is 15.8. The predicted octanol–water partition coefficient (Wildman–Crippen LogP) is 1.54. The maximum absolute atomic E-state index is 12.0. The molecule has 1 fully saturated rings. The second-order valence-corrected chi connectivity index (χ2v) is 7.22. The highest BCUT2D eigenvalue weighted by Crippen LogP contribution is 2.25. The summed E-state index contributed by atoms with van der Waals surface area (Å²) < 4.78 is 24.3. The van der Waals surface area contributed by atoms with Crippen LogP contribution in [0.15, 0.2) is 18.2 Å². The van der Waals surface area contributed by atoms with Crippen molar-refractivity contribution in [3.8, 4) is 0 Å². The number of sulfonamides is 1. The van der Waals surface area contributed by atoms with E-state index in [1.165, 1.54) is 0 Å². The van der Waals surface area contributed by atoms with Crippen molar-refractivity contribution in [1.29, 1.82) is 0 Å². The van der Waals surface area contributed by atoms with Crippen LogP contribution in [-0.4, -0.2) is 36.8 Å². The van der Waals surface area contributed by atoms with Crippen molar-refractivity contribution in [3.63, 3.8) is 0 Å². The number of hydrogen-bond acceptors (Lipinski definition) is 4. The highest BCUT2D eigenvalue weighted by Gasteiger charge is 2.33. The van der Waals surface area contributed by atoms with Crippen LogP contribution < -0.4 is 5.32 Å². The van der Waals surface area contributed by atoms with E-state index in [0.717, 1.165) is 5.56 Å². The summed E-state index contributed by atoms with van der Waals surface area (Å²) in [6, 6.07) is 5.13. The summed E-state index contributed by atoms with van der Waals surface area (Å²) in [4.78, 5) is 23.7. The number of nitrogens with zero attached hydrogens (tertiary/aromatic N) is 1. The summed E-state index contributed by atoms with van der Waals surface area (Å²) in [6.07, 6.45) is 0.431. The van der Waals surface area contributed by atoms with Gasteiger partial charge in [-0.2, -0.15) is 0 Å². The van der Waals surface area contributed by atoms with Crippen LogP contribution in [0.1, 0.15) is 18.4 Å². The average molecular weight is 331 g/mol. The topological polar surface area (TPSA) is 83.6 Å². The third-order valence-corrected chi connectivity index (χ3v) is 5.30. The Balaban J connectivity index is 2.13. The van der Waals surface area contributed by atoms with Crippen LogP contribution >= 0.6 is 11.6 Å². The molecule has 0 saturated carbocycles. The minimum Gasteiger partial charge on any atom is -0.323 e. The number of anilines is 1. The first-order chi connectivity index (χ1) is 9.81. The van der Waals surface area contributed by atoms with Gasteiger partial charge < -0.3 is 5.32 Å². The van der Waals surface area contributed by atoms with Gasteiger partial charge in [0.15, 0.2) is 0 Å². The van der Waals surface area contributed by atoms with Crippen molar-refractivity contribution in [3.05, 3.63) is 28.8 Å². The van der Waals surface area contributed by atoms with Gasteiger partial charge in [-0.15, -0.1) is 0 Å². The molecule has 1 saturated heterocycles. The Hall–Kier alpha value is -1.60. The number of carbonyl (C=O) groups is 2. The summed E-state index contributed by atoms with van der Waals surface area (Å²) in [5.41, 5.74) is 1.18. The number of halogens is 1. The molecule has 0 radical (unpaired) electrons. The zero-order valence-electron chi connectivity index (χ0n) is 11.4. The van der Waals surface area contributed by atoms with E-state index in [9.17, 15) is 18.0 Å². The molecule has 0 unspecified atom stereocenters. The Morgan fingerprint density at radius 3 is 2.76 bits per heavy atom. The third kappa shape index (κ3) is 3.54. The highest BCUT2D eigenvalue weighted by molar-refractivity contribution is 7.89. The molecule has 1 aliphatic rings. The molecular weight excluding hydrogens is 316 g/mol. The van der Waals surface area contributed by atoms with Gasteiger partial charge >= 0.3 is 0 Å². The van der Waals surface area contributed by atoms with E-state index in [4.69, 9.17) is 11.6 Å². The fourth-order valence-corrected chi connectivity index (χ4v) is 3.80. The summed E-state index contributed by atoms with van der Waals surface area (Å²) in [7, 11) is -3.69. The summed E-state index contributed by atoms with van der Waals surface area (Å²) in [5.74, 6) is -1.26. The number of nitrogens with one attached hydrogen (secondary N) is 1. The maximum atomic E-state index is 12.0. The molecular formula is C13H15ClN2O4S. The maximum Gasteiger partial charge on any atom is 0.245 e. The van der Waals surface area contributed by atoms with Crippen molar-refractivity contribution in [2.45, 2.75) is 19.8 Å². The number of carbonyl (C=O) groups excluding carboxylic acids is 2. The van der Waals surface area contributed by atoms with E-state index >= 15 is 0 Å². The molecule has 1 aliphatic heterocycles. The first-order valence-corrected chi connectivity index (χ1v) is 8.38. The van der Waals surface area contributed by atoms with E-state index in [0.29, 0.717) is 21.4 Å². The van der Waals surface area contributed by atoms with Crippen LogP contribution in [-0.2, 0) is 19.6 Å². The van der Waals surface area contributed by atoms with Gasteiger partial charge in [-0.1, -0.05) is 23.7 Å². The molecule has 8 heteroatoms. The van der Waals surface area contributed by atoms with Crippen LogP contribution in [0.2, 0.25) is 5.02 Å². The largest absolute Gasteiger partial charge is 0.323 e. The molecule has 0 aromatic heterocycles. The second kappa shape index (κ2) is 6.03. The second-order valence-electron chi connectivity index (χ2n) is 4.80. The minimum absolute atomic E-state index is 0.114. The molecule has 1 N–H and O–H groups in total. The van der Waals surface area contributed by atoms with Gasteiger partial charge in [0.25, 0.3) is 0 Å². The van der Waals surface area contributed by atoms with Crippen LogP contribution in [0.4, 0.5) is 5.69 Å². The van der Waals surface area contributed by atoms with Crippen molar-refractivity contribution in [1.82, 2.24) is 4.31 Å². The van der Waals surface area contributed by atoms with Crippen molar-refractivity contribution in [2.24, 2.45) is 0 Å². The van der Waals surface area contributed by atoms with Crippen LogP contribution in [0.3, 0.4) is 0 Å². The van der Waals surface area contributed by atoms with Gasteiger partial charge in [-0.3, -0.25) is 9.59 Å². The highest BCUT2D eigenvalue weighted by atomic mass is 35.5. The average Bonchev–Trinajstić information content (AvgIpc) is 2.38. The van der Waals surface area contributed by atoms with Crippen LogP contribution in [0.5, 0.6) is 0 Å². The number of rotatable bonds is 3. The molecule has 0 bridgehead atoms. The Labute approximate surface area is 128 Å². The normalized spacial score (nSPS) is 17.6. The number of para-hydroxylation sites is 1. The molecule has 0 aliphatic carbocycles. The van der Waals surface area contributed by atoms with Gasteiger partial charge in [0.05, 0.1) is 16.5 Å². The fourth-order valence-electron chi connectivity index (χ4n) is 2.08. The Morgan fingerprint density at radius 1 is 1.43 bits per heavy atom. The molecule has 6 nitrogen and oxygen atoms in total. The molecule has 21 heavy (non-hydrogen) atoms. The molecule has 114 valence electrons. The monoisotopic (exact) mass is 330 g/mol. The zero-order chi connectivity index (χ0) is 15.6. The number of amides is 2. The first-order valence-electron chi connectivity index (χ1n) is 6.39. The molecule has 1 heterocycles. The van der Waals surface area contributed by atoms with Gasteiger partial charge in [-0.25, -0.2) is 12.7 Å². The van der Waals surface area contributed by atoms with Crippen LogP contribution in [0.25, 0.3) is 0 Å². The van der Waals surface area contributed by atoms with Crippen molar-refractivity contribution >= 4 is 39.1 Å². The predicted molar refractivity (Wildman–Crippen MR) is 79.6 cm³/mol. The lowest BCUT2D eigenvalue weighted by atomic mass is 10.2. The molecule has 1 aromatic rings. The van der Waals surface area contributed by atoms with E-state index in [-0.39, 0.29) is 12.2 Å². The molecule has 1 aromatic carbocycles. The number of aryl methyl sites for hydroxylation is 1. The van der Waals surface area contributed by atoms with E-state index in [1.807, 2.05) is 0 Å². The van der Waals surface area contributed by atoms with Gasteiger partial charge in [-0.05, 0) is 25.0 Å². The SMILES string of the molecule is Cc1cccc(Cl)c1NC(=O)CN1C(=O)CCCS1(=O)=O. The molecule has 2 rings (SSSR count). The van der Waals surface area contributed by atoms with E-state index in [1.54, 1.807) is 25.1 Å². The lowest BCUT2D eigenvalue weighted by molar-refractivity contribution is -0.130. The third-order valence-electron chi connectivity index (χ3n) is 3.18. The van der Waals surface area contributed by atoms with Gasteiger partial charge in [0.2, 0.25) is 21.8 Å². The quantitative estimate of drug-likeness (QED) is 0.911. The van der Waals surface area contributed by atoms with Crippen molar-refractivity contribution in [2.75, 3.05) is 17.6 Å². The number of benzene rings is 1. The number of hydrogen-bond donors (Lipinski definition) is 1. The van der Waals surface area contributed by atoms with E-state index in [2.05, 4.69) is 5.32 Å². The fraction of sp³-hybridized carbons (Fsp3) is 0.385. The Morgan fingerprint density at radius 2 is 2.14 bits per heavy atom. The molecule has 0 atom stereocenters. The minimum atomic E-state index is -3.69. The lowest BCUT2D eigenvalue weighted by Crippen LogP contribution is -2.46. The Bertz CT molecular complexity index is 667. The zero-order valence-corrected chi connectivity index (χ0v) is 13.0.